The lowest BCUT2D eigenvalue weighted by atomic mass is 9.90. The number of fused-ring (bicyclic) bond motifs is 4. The molecule has 1 aromatic heterocycles. The van der Waals surface area contributed by atoms with Crippen LogP contribution in [0.2, 0.25) is 5.28 Å². The van der Waals surface area contributed by atoms with Crippen molar-refractivity contribution in [3.8, 4) is 33.9 Å². The number of anilines is 5. The molecule has 4 heterocycles. The number of hydrogen-bond donors (Lipinski definition) is 10. The molecular formula is C54H51ClN12O12. The molecule has 6 amide bonds. The number of carboxylic acid groups (broad SMARTS) is 1. The first-order valence-electron chi connectivity index (χ1n) is 24.9. The minimum Gasteiger partial charge on any atom is -0.508 e. The van der Waals surface area contributed by atoms with Crippen LogP contribution in [0.15, 0.2) is 100 Å². The lowest BCUT2D eigenvalue weighted by Gasteiger charge is -2.31. The number of aromatic hydroxyl groups is 1. The number of aromatic nitrogens is 3. The summed E-state index contributed by atoms with van der Waals surface area (Å²) >= 11 is 6.37. The van der Waals surface area contributed by atoms with Gasteiger partial charge in [0.1, 0.15) is 35.5 Å². The minimum atomic E-state index is -1.25. The predicted octanol–water partition coefficient (Wildman–Crippen LogP) is 4.50. The number of rotatable bonds is 14. The Bertz CT molecular complexity index is 3600. The van der Waals surface area contributed by atoms with Crippen molar-refractivity contribution in [3.63, 3.8) is 0 Å². The van der Waals surface area contributed by atoms with Gasteiger partial charge in [0.25, 0.3) is 5.91 Å². The molecule has 1 saturated heterocycles. The number of phenols is 1. The zero-order valence-corrected chi connectivity index (χ0v) is 42.6. The van der Waals surface area contributed by atoms with E-state index in [0.717, 1.165) is 0 Å². The van der Waals surface area contributed by atoms with E-state index in [1.165, 1.54) is 66.7 Å². The Balaban J connectivity index is 0.825. The third-order valence-corrected chi connectivity index (χ3v) is 13.3. The molecule has 1 aliphatic carbocycles. The Hall–Kier alpha value is -9.68. The maximum atomic E-state index is 13.6. The van der Waals surface area contributed by atoms with Crippen molar-refractivity contribution >= 4 is 92.9 Å². The summed E-state index contributed by atoms with van der Waals surface area (Å²) in [6.45, 7) is -0.0867. The Morgan fingerprint density at radius 1 is 0.848 bits per heavy atom. The average molecular weight is 1100 g/mol. The Kier molecular flexibility index (Phi) is 16.2. The number of ether oxygens (including phenoxy) is 1. The van der Waals surface area contributed by atoms with Crippen molar-refractivity contribution in [1.29, 1.82) is 0 Å². The summed E-state index contributed by atoms with van der Waals surface area (Å²) in [5.41, 5.74) is 13.4. The highest BCUT2D eigenvalue weighted by molar-refractivity contribution is 6.28. The molecule has 0 unspecified atom stereocenters. The van der Waals surface area contributed by atoms with Crippen molar-refractivity contribution in [1.82, 2.24) is 30.9 Å². The number of carboxylic acids is 1. The second-order valence-electron chi connectivity index (χ2n) is 18.6. The summed E-state index contributed by atoms with van der Waals surface area (Å²) in [5, 5.41) is 37.3. The number of halogens is 1. The van der Waals surface area contributed by atoms with Gasteiger partial charge in [-0.1, -0.05) is 12.1 Å². The van der Waals surface area contributed by atoms with E-state index in [0.29, 0.717) is 78.6 Å². The van der Waals surface area contributed by atoms with E-state index in [1.807, 2.05) is 4.90 Å². The van der Waals surface area contributed by atoms with Crippen LogP contribution in [0.1, 0.15) is 68.7 Å². The van der Waals surface area contributed by atoms with E-state index in [-0.39, 0.29) is 92.5 Å². The van der Waals surface area contributed by atoms with Crippen LogP contribution < -0.4 is 58.4 Å². The maximum absolute atomic E-state index is 13.6. The lowest BCUT2D eigenvalue weighted by molar-refractivity contribution is -0.127. The summed E-state index contributed by atoms with van der Waals surface area (Å²) in [7, 11) is 0. The van der Waals surface area contributed by atoms with Crippen LogP contribution >= 0.6 is 11.6 Å². The van der Waals surface area contributed by atoms with E-state index in [2.05, 4.69) is 46.9 Å². The van der Waals surface area contributed by atoms with Crippen molar-refractivity contribution in [3.05, 3.63) is 129 Å². The summed E-state index contributed by atoms with van der Waals surface area (Å²) in [6, 6.07) is 20.9. The molecule has 79 heavy (non-hydrogen) atoms. The van der Waals surface area contributed by atoms with E-state index in [4.69, 9.17) is 32.2 Å². The van der Waals surface area contributed by atoms with E-state index in [9.17, 15) is 48.6 Å². The van der Waals surface area contributed by atoms with Crippen LogP contribution in [0.4, 0.5) is 29.0 Å². The number of phenolic OH excluding ortho intramolecular Hbond substituents is 1. The second kappa shape index (κ2) is 23.7. The molecule has 12 N–H and O–H groups in total. The zero-order chi connectivity index (χ0) is 55.9. The first-order chi connectivity index (χ1) is 38.0. The number of primary amides is 1. The molecule has 5 aromatic rings. The smallest absolute Gasteiger partial charge is 0.336 e. The van der Waals surface area contributed by atoms with Gasteiger partial charge < -0.3 is 67.6 Å². The first-order valence-corrected chi connectivity index (χ1v) is 25.2. The minimum absolute atomic E-state index is 0.0115. The third-order valence-electron chi connectivity index (χ3n) is 13.2. The van der Waals surface area contributed by atoms with Gasteiger partial charge in [0.05, 0.1) is 24.2 Å². The molecule has 0 radical (unpaired) electrons. The number of benzene rings is 5. The molecular weight excluding hydrogens is 1040 g/mol. The number of amides is 6. The standard InChI is InChI=1S/C54H51ClN12O12/c55-52-64-53(61-31-6-10-34(37(20-31)51(76)77)46-35-11-8-32(68)22-42(35)79-43-23-33(69)9-12-36(43)46)66-54(65-52)67-17-14-27(15-18-67)48(73)58-24-44(70)60-30-7-13-41-38(21-30)49(74)59-25-45(71)62-39(3-1-2-16-56)50(75)63-40-19-28(47(57)72)4-5-29(40)26-78-41/h4-13,19-23,27,39,68H,1-3,14-18,24-26,56H2,(H2,57,72)(H,58,73)(H,59,74)(H,60,70)(H,62,71)(H,63,75)(H,76,77)(H,61,64,65,66)/t39-/m0/s1. The van der Waals surface area contributed by atoms with Crippen molar-refractivity contribution in [2.45, 2.75) is 44.8 Å². The molecule has 24 nitrogen and oxygen atoms in total. The third kappa shape index (κ3) is 12.8. The van der Waals surface area contributed by atoms with Gasteiger partial charge in [0.15, 0.2) is 5.43 Å². The normalized spacial score (nSPS) is 15.1. The Labute approximate surface area is 453 Å². The molecule has 3 aliphatic heterocycles. The van der Waals surface area contributed by atoms with Gasteiger partial charge in [-0.25, -0.2) is 4.79 Å². The number of nitrogens with two attached hydrogens (primary N) is 2. The van der Waals surface area contributed by atoms with Gasteiger partial charge in [-0.2, -0.15) is 15.0 Å². The molecule has 9 rings (SSSR count). The second-order valence-corrected chi connectivity index (χ2v) is 18.9. The Morgan fingerprint density at radius 3 is 2.41 bits per heavy atom. The van der Waals surface area contributed by atoms with Gasteiger partial charge >= 0.3 is 5.97 Å². The highest BCUT2D eigenvalue weighted by Gasteiger charge is 2.29. The molecule has 1 atom stereocenters. The van der Waals surface area contributed by atoms with Crippen LogP contribution in [-0.2, 0) is 25.8 Å². The number of carbonyl (C=O) groups excluding carboxylic acids is 6. The number of nitrogens with one attached hydrogen (secondary N) is 6. The highest BCUT2D eigenvalue weighted by Crippen LogP contribution is 2.43. The number of aromatic carboxylic acids is 1. The highest BCUT2D eigenvalue weighted by atomic mass is 35.5. The number of carbonyl (C=O) groups is 7. The van der Waals surface area contributed by atoms with Gasteiger partial charge in [0.2, 0.25) is 46.7 Å². The fraction of sp³-hybridized carbons (Fsp3) is 0.241. The number of piperidine rings is 1. The largest absolute Gasteiger partial charge is 0.508 e. The zero-order valence-electron chi connectivity index (χ0n) is 41.9. The summed E-state index contributed by atoms with van der Waals surface area (Å²) in [6.07, 6.45) is 2.05. The number of unbranched alkanes of at least 4 members (excludes halogenated alkanes) is 1. The fourth-order valence-electron chi connectivity index (χ4n) is 9.21. The van der Waals surface area contributed by atoms with Gasteiger partial charge in [-0.05, 0) is 123 Å². The summed E-state index contributed by atoms with van der Waals surface area (Å²) < 4.78 is 12.0. The molecule has 0 bridgehead atoms. The monoisotopic (exact) mass is 1090 g/mol. The van der Waals surface area contributed by atoms with Gasteiger partial charge in [0, 0.05) is 75.8 Å². The van der Waals surface area contributed by atoms with Crippen molar-refractivity contribution in [2.75, 3.05) is 53.6 Å². The van der Waals surface area contributed by atoms with Gasteiger partial charge in [-0.3, -0.25) is 33.6 Å². The molecule has 0 spiro atoms. The topological polar surface area (TPSA) is 366 Å². The predicted molar refractivity (Wildman–Crippen MR) is 289 cm³/mol. The van der Waals surface area contributed by atoms with E-state index >= 15 is 0 Å². The molecule has 4 aliphatic rings. The summed E-state index contributed by atoms with van der Waals surface area (Å²) in [5.74, 6) is -5.02. The fourth-order valence-corrected chi connectivity index (χ4v) is 9.37. The molecule has 0 saturated carbocycles. The van der Waals surface area contributed by atoms with Gasteiger partial charge in [-0.15, -0.1) is 0 Å². The first kappa shape index (κ1) is 54.1. The number of hydrogen-bond acceptors (Lipinski definition) is 17. The number of nitrogens with zero attached hydrogens (tertiary/aromatic N) is 4. The quantitative estimate of drug-likeness (QED) is 0.0529. The van der Waals surface area contributed by atoms with Crippen LogP contribution in [0, 0.1) is 5.92 Å². The van der Waals surface area contributed by atoms with Crippen LogP contribution in [0.25, 0.3) is 33.4 Å². The average Bonchev–Trinajstić information content (AvgIpc) is 3.55. The van der Waals surface area contributed by atoms with Crippen LogP contribution in [0.5, 0.6) is 11.5 Å². The van der Waals surface area contributed by atoms with Crippen LogP contribution in [0.3, 0.4) is 0 Å². The summed E-state index contributed by atoms with van der Waals surface area (Å²) in [4.78, 5) is 119. The van der Waals surface area contributed by atoms with E-state index in [1.54, 1.807) is 24.3 Å². The maximum Gasteiger partial charge on any atom is 0.336 e. The van der Waals surface area contributed by atoms with Crippen molar-refractivity contribution < 1.29 is 52.9 Å². The SMILES string of the molecule is NCCCC[C@@H]1NC(=O)CNC(=O)c2cc(NC(=O)CNC(=O)C3CCN(c4nc(Cl)nc(Nc5ccc(-c6c7ccc(=O)cc-7oc7cc(O)ccc67)c(C(=O)O)c5)n4)CC3)ccc2OCc2ccc(C(N)=O)cc2NC1=O. The molecule has 4 aromatic carbocycles. The van der Waals surface area contributed by atoms with E-state index < -0.39 is 60.6 Å². The molecule has 25 heteroatoms. The van der Waals surface area contributed by atoms with Crippen LogP contribution in [-0.4, -0.2) is 105 Å². The lowest BCUT2D eigenvalue weighted by Crippen LogP contribution is -2.47. The Morgan fingerprint density at radius 2 is 1.63 bits per heavy atom. The molecule has 406 valence electrons. The molecule has 1 fully saturated rings. The van der Waals surface area contributed by atoms with Crippen molar-refractivity contribution in [2.24, 2.45) is 17.4 Å².